The Bertz CT molecular complexity index is 800. The molecule has 0 saturated heterocycles. The number of aromatic nitrogens is 3. The maximum Gasteiger partial charge on any atom is 0.316 e. The molecule has 0 aliphatic heterocycles. The van der Waals surface area contributed by atoms with E-state index in [4.69, 9.17) is 9.26 Å². The highest BCUT2D eigenvalue weighted by Crippen LogP contribution is 2.14. The highest BCUT2D eigenvalue weighted by molar-refractivity contribution is 5.89. The Labute approximate surface area is 138 Å². The van der Waals surface area contributed by atoms with Gasteiger partial charge in [-0.3, -0.25) is 9.78 Å². The Morgan fingerprint density at radius 3 is 2.79 bits per heavy atom. The first-order valence-electron chi connectivity index (χ1n) is 7.41. The van der Waals surface area contributed by atoms with E-state index in [0.29, 0.717) is 24.4 Å². The monoisotopic (exact) mass is 324 g/mol. The molecule has 0 bridgehead atoms. The van der Waals surface area contributed by atoms with Crippen LogP contribution in [-0.4, -0.2) is 34.7 Å². The molecule has 0 saturated carbocycles. The number of carbonyl (C=O) groups excluding carboxylic acids is 1. The zero-order chi connectivity index (χ0) is 16.8. The zero-order valence-electron chi connectivity index (χ0n) is 13.1. The Morgan fingerprint density at radius 1 is 1.25 bits per heavy atom. The van der Waals surface area contributed by atoms with Crippen LogP contribution in [0.1, 0.15) is 16.2 Å². The molecule has 7 heteroatoms. The van der Waals surface area contributed by atoms with E-state index in [1.165, 1.54) is 0 Å². The van der Waals surface area contributed by atoms with Crippen LogP contribution in [-0.2, 0) is 6.42 Å². The van der Waals surface area contributed by atoms with E-state index in [2.05, 4.69) is 20.4 Å². The van der Waals surface area contributed by atoms with Crippen molar-refractivity contribution >= 4 is 5.91 Å². The molecule has 0 aliphatic carbocycles. The van der Waals surface area contributed by atoms with E-state index < -0.39 is 5.91 Å². The summed E-state index contributed by atoms with van der Waals surface area (Å²) in [5, 5.41) is 6.55. The maximum atomic E-state index is 12.0. The largest absolute Gasteiger partial charge is 0.497 e. The standard InChI is InChI=1S/C17H16N4O3/c1-23-14-6-4-12(5-7-14)8-10-19-16(22)17-20-15(21-24-17)13-3-2-9-18-11-13/h2-7,9,11H,8,10H2,1H3,(H,19,22). The quantitative estimate of drug-likeness (QED) is 0.747. The molecule has 0 atom stereocenters. The summed E-state index contributed by atoms with van der Waals surface area (Å²) in [6.07, 6.45) is 3.95. The number of methoxy groups -OCH3 is 1. The van der Waals surface area contributed by atoms with Crippen LogP contribution in [0, 0.1) is 0 Å². The summed E-state index contributed by atoms with van der Waals surface area (Å²) in [6, 6.07) is 11.2. The van der Waals surface area contributed by atoms with Crippen molar-refractivity contribution in [1.29, 1.82) is 0 Å². The van der Waals surface area contributed by atoms with Gasteiger partial charge in [-0.05, 0) is 36.2 Å². The summed E-state index contributed by atoms with van der Waals surface area (Å²) < 4.78 is 10.1. The lowest BCUT2D eigenvalue weighted by molar-refractivity contribution is 0.0910. The second kappa shape index (κ2) is 7.36. The first-order chi connectivity index (χ1) is 11.8. The topological polar surface area (TPSA) is 90.1 Å². The molecule has 0 aliphatic rings. The van der Waals surface area contributed by atoms with Gasteiger partial charge in [-0.1, -0.05) is 17.3 Å². The van der Waals surface area contributed by atoms with Gasteiger partial charge in [-0.25, -0.2) is 0 Å². The molecule has 0 spiro atoms. The van der Waals surface area contributed by atoms with Crippen LogP contribution in [0.3, 0.4) is 0 Å². The highest BCUT2D eigenvalue weighted by Gasteiger charge is 2.15. The molecular formula is C17H16N4O3. The van der Waals surface area contributed by atoms with Crippen LogP contribution >= 0.6 is 0 Å². The fourth-order valence-corrected chi connectivity index (χ4v) is 2.12. The van der Waals surface area contributed by atoms with Crippen molar-refractivity contribution in [2.75, 3.05) is 13.7 Å². The van der Waals surface area contributed by atoms with E-state index in [-0.39, 0.29) is 5.89 Å². The smallest absolute Gasteiger partial charge is 0.316 e. The number of carbonyl (C=O) groups is 1. The molecule has 2 aromatic heterocycles. The molecule has 24 heavy (non-hydrogen) atoms. The number of amides is 1. The van der Waals surface area contributed by atoms with E-state index in [1.54, 1.807) is 31.6 Å². The van der Waals surface area contributed by atoms with Gasteiger partial charge in [0.2, 0.25) is 5.82 Å². The number of rotatable bonds is 6. The van der Waals surface area contributed by atoms with E-state index in [1.807, 2.05) is 24.3 Å². The second-order valence-corrected chi connectivity index (χ2v) is 5.02. The van der Waals surface area contributed by atoms with Crippen LogP contribution in [0.2, 0.25) is 0 Å². The molecule has 1 amide bonds. The molecule has 2 heterocycles. The summed E-state index contributed by atoms with van der Waals surface area (Å²) in [6.45, 7) is 0.468. The number of hydrogen-bond donors (Lipinski definition) is 1. The molecule has 0 unspecified atom stereocenters. The highest BCUT2D eigenvalue weighted by atomic mass is 16.5. The van der Waals surface area contributed by atoms with Gasteiger partial charge in [-0.2, -0.15) is 4.98 Å². The average molecular weight is 324 g/mol. The lowest BCUT2D eigenvalue weighted by atomic mass is 10.1. The van der Waals surface area contributed by atoms with Crippen molar-refractivity contribution in [2.45, 2.75) is 6.42 Å². The van der Waals surface area contributed by atoms with Crippen molar-refractivity contribution in [3.05, 3.63) is 60.2 Å². The van der Waals surface area contributed by atoms with Gasteiger partial charge in [0.1, 0.15) is 5.75 Å². The number of nitrogens with zero attached hydrogens (tertiary/aromatic N) is 3. The molecule has 0 radical (unpaired) electrons. The van der Waals surface area contributed by atoms with Crippen molar-refractivity contribution in [3.8, 4) is 17.1 Å². The van der Waals surface area contributed by atoms with Gasteiger partial charge in [0.15, 0.2) is 0 Å². The molecule has 0 fully saturated rings. The van der Waals surface area contributed by atoms with E-state index in [0.717, 1.165) is 11.3 Å². The van der Waals surface area contributed by atoms with Crippen LogP contribution < -0.4 is 10.1 Å². The predicted molar refractivity (Wildman–Crippen MR) is 86.6 cm³/mol. The Hall–Kier alpha value is -3.22. The summed E-state index contributed by atoms with van der Waals surface area (Å²) >= 11 is 0. The minimum Gasteiger partial charge on any atom is -0.497 e. The van der Waals surface area contributed by atoms with Crippen molar-refractivity contribution in [1.82, 2.24) is 20.4 Å². The minimum atomic E-state index is -0.397. The molecule has 1 aromatic carbocycles. The molecule has 3 aromatic rings. The Morgan fingerprint density at radius 2 is 2.08 bits per heavy atom. The van der Waals surface area contributed by atoms with Gasteiger partial charge < -0.3 is 14.6 Å². The third kappa shape index (κ3) is 3.75. The van der Waals surface area contributed by atoms with E-state index >= 15 is 0 Å². The first-order valence-corrected chi connectivity index (χ1v) is 7.41. The Kier molecular flexibility index (Phi) is 4.81. The maximum absolute atomic E-state index is 12.0. The summed E-state index contributed by atoms with van der Waals surface area (Å²) in [5.74, 6) is 0.676. The fourth-order valence-electron chi connectivity index (χ4n) is 2.12. The van der Waals surface area contributed by atoms with Gasteiger partial charge in [0.05, 0.1) is 7.11 Å². The minimum absolute atomic E-state index is 0.0661. The Balaban J connectivity index is 1.54. The lowest BCUT2D eigenvalue weighted by Crippen LogP contribution is -2.26. The van der Waals surface area contributed by atoms with Crippen molar-refractivity contribution < 1.29 is 14.1 Å². The molecule has 7 nitrogen and oxygen atoms in total. The van der Waals surface area contributed by atoms with Crippen LogP contribution in [0.15, 0.2) is 53.3 Å². The zero-order valence-corrected chi connectivity index (χ0v) is 13.1. The van der Waals surface area contributed by atoms with Crippen LogP contribution in [0.5, 0.6) is 5.75 Å². The average Bonchev–Trinajstić information content (AvgIpc) is 3.13. The first kappa shape index (κ1) is 15.7. The molecular weight excluding hydrogens is 308 g/mol. The van der Waals surface area contributed by atoms with Gasteiger partial charge in [-0.15, -0.1) is 0 Å². The van der Waals surface area contributed by atoms with Crippen LogP contribution in [0.25, 0.3) is 11.4 Å². The van der Waals surface area contributed by atoms with Gasteiger partial charge in [0.25, 0.3) is 0 Å². The SMILES string of the molecule is COc1ccc(CCNC(=O)c2nc(-c3cccnc3)no2)cc1. The lowest BCUT2D eigenvalue weighted by Gasteiger charge is -2.04. The third-order valence-electron chi connectivity index (χ3n) is 3.40. The number of nitrogens with one attached hydrogen (secondary N) is 1. The number of hydrogen-bond acceptors (Lipinski definition) is 6. The third-order valence-corrected chi connectivity index (χ3v) is 3.40. The summed E-state index contributed by atoms with van der Waals surface area (Å²) in [4.78, 5) is 20.1. The normalized spacial score (nSPS) is 10.4. The number of pyridine rings is 1. The summed E-state index contributed by atoms with van der Waals surface area (Å²) in [5.41, 5.74) is 1.79. The van der Waals surface area contributed by atoms with Gasteiger partial charge in [0, 0.05) is 24.5 Å². The predicted octanol–water partition coefficient (Wildman–Crippen LogP) is 2.11. The number of benzene rings is 1. The van der Waals surface area contributed by atoms with E-state index in [9.17, 15) is 4.79 Å². The van der Waals surface area contributed by atoms with Crippen molar-refractivity contribution in [2.24, 2.45) is 0 Å². The van der Waals surface area contributed by atoms with Gasteiger partial charge >= 0.3 is 11.8 Å². The number of ether oxygens (including phenoxy) is 1. The molecule has 3 rings (SSSR count). The van der Waals surface area contributed by atoms with Crippen LogP contribution in [0.4, 0.5) is 0 Å². The second-order valence-electron chi connectivity index (χ2n) is 5.02. The summed E-state index contributed by atoms with van der Waals surface area (Å²) in [7, 11) is 1.62. The van der Waals surface area contributed by atoms with Crippen molar-refractivity contribution in [3.63, 3.8) is 0 Å². The molecule has 1 N–H and O–H groups in total. The molecule has 122 valence electrons. The fraction of sp³-hybridized carbons (Fsp3) is 0.176.